The molecule has 0 saturated carbocycles. The number of nitrogens with zero attached hydrogens (tertiary/aromatic N) is 4. The molecule has 1 amide bonds. The largest absolute Gasteiger partial charge is 0.391 e. The van der Waals surface area contributed by atoms with Crippen molar-refractivity contribution in [2.75, 3.05) is 41.3 Å². The number of fused-ring (bicyclic) bond motifs is 1. The second-order valence-corrected chi connectivity index (χ2v) is 8.49. The smallest absolute Gasteiger partial charge is 0.257 e. The third kappa shape index (κ3) is 3.82. The number of aliphatic hydroxyl groups excluding tert-OH is 1. The van der Waals surface area contributed by atoms with Crippen LogP contribution in [0.4, 0.5) is 17.1 Å². The fourth-order valence-corrected chi connectivity index (χ4v) is 4.56. The number of hydrogen-bond donors (Lipinski definition) is 2. The number of aliphatic hydroxyl groups is 1. The number of amides is 1. The van der Waals surface area contributed by atoms with Crippen LogP contribution in [0.5, 0.6) is 0 Å². The Morgan fingerprint density at radius 3 is 2.81 bits per heavy atom. The summed E-state index contributed by atoms with van der Waals surface area (Å²) < 4.78 is 5.27. The zero-order chi connectivity index (χ0) is 22.2. The van der Waals surface area contributed by atoms with Crippen molar-refractivity contribution in [1.29, 1.82) is 0 Å². The molecular formula is C24H27N5O3. The molecule has 166 valence electrons. The number of β-amino-alcohol motifs (C(OH)–C–C–N with tert-alkyl or cyclic N) is 1. The summed E-state index contributed by atoms with van der Waals surface area (Å²) in [6.07, 6.45) is 1.34. The number of benzene rings is 2. The molecule has 3 aromatic rings. The standard InChI is InChI=1S/C24H27N5O3/c1-15-6-7-17(24-26-16(2)27-32-24)12-20(15)25-13-23(31)29-11-9-19-21(4-3-5-22(19)29)28-10-8-18(30)14-28/h3-7,12,18,25,30H,8-11,13-14H2,1-2H3. The number of nitrogens with one attached hydrogen (secondary N) is 1. The lowest BCUT2D eigenvalue weighted by atomic mass is 10.1. The number of hydrogen-bond acceptors (Lipinski definition) is 7. The molecule has 0 spiro atoms. The fraction of sp³-hybridized carbons (Fsp3) is 0.375. The number of aryl methyl sites for hydroxylation is 2. The minimum absolute atomic E-state index is 0.0285. The van der Waals surface area contributed by atoms with Gasteiger partial charge in [0, 0.05) is 47.8 Å². The SMILES string of the molecule is Cc1noc(-c2ccc(C)c(NCC(=O)N3CCc4c(N5CCC(O)C5)cccc43)c2)n1. The number of rotatable bonds is 5. The van der Waals surface area contributed by atoms with E-state index >= 15 is 0 Å². The molecule has 2 N–H and O–H groups in total. The predicted molar refractivity (Wildman–Crippen MR) is 123 cm³/mol. The Balaban J connectivity index is 1.30. The van der Waals surface area contributed by atoms with Gasteiger partial charge < -0.3 is 24.7 Å². The summed E-state index contributed by atoms with van der Waals surface area (Å²) in [6.45, 7) is 6.15. The lowest BCUT2D eigenvalue weighted by Gasteiger charge is -2.23. The van der Waals surface area contributed by atoms with Gasteiger partial charge in [-0.25, -0.2) is 0 Å². The van der Waals surface area contributed by atoms with Crippen molar-refractivity contribution in [2.45, 2.75) is 32.8 Å². The number of carbonyl (C=O) groups excluding carboxylic acids is 1. The van der Waals surface area contributed by atoms with Crippen LogP contribution in [-0.4, -0.2) is 53.4 Å². The topological polar surface area (TPSA) is 94.7 Å². The van der Waals surface area contributed by atoms with Crippen LogP contribution in [0.2, 0.25) is 0 Å². The molecule has 1 saturated heterocycles. The second-order valence-electron chi connectivity index (χ2n) is 8.49. The molecular weight excluding hydrogens is 406 g/mol. The first-order valence-electron chi connectivity index (χ1n) is 11.0. The van der Waals surface area contributed by atoms with E-state index in [-0.39, 0.29) is 18.6 Å². The first-order valence-corrected chi connectivity index (χ1v) is 11.0. The van der Waals surface area contributed by atoms with Crippen LogP contribution in [-0.2, 0) is 11.2 Å². The van der Waals surface area contributed by atoms with Gasteiger partial charge in [-0.1, -0.05) is 17.3 Å². The second kappa shape index (κ2) is 8.27. The quantitative estimate of drug-likeness (QED) is 0.639. The van der Waals surface area contributed by atoms with Crippen LogP contribution in [0, 0.1) is 13.8 Å². The van der Waals surface area contributed by atoms with Gasteiger partial charge in [0.1, 0.15) is 0 Å². The average molecular weight is 434 g/mol. The maximum absolute atomic E-state index is 13.1. The van der Waals surface area contributed by atoms with Crippen LogP contribution in [0.15, 0.2) is 40.9 Å². The maximum atomic E-state index is 13.1. The van der Waals surface area contributed by atoms with Crippen molar-refractivity contribution in [3.8, 4) is 11.5 Å². The Labute approximate surface area is 186 Å². The first kappa shape index (κ1) is 20.5. The predicted octanol–water partition coefficient (Wildman–Crippen LogP) is 2.93. The van der Waals surface area contributed by atoms with E-state index in [1.165, 1.54) is 5.56 Å². The van der Waals surface area contributed by atoms with Gasteiger partial charge in [-0.05, 0) is 56.5 Å². The Hall–Kier alpha value is -3.39. The Morgan fingerprint density at radius 1 is 1.22 bits per heavy atom. The van der Waals surface area contributed by atoms with Gasteiger partial charge in [-0.2, -0.15) is 4.98 Å². The van der Waals surface area contributed by atoms with E-state index in [0.29, 0.717) is 24.8 Å². The molecule has 5 rings (SSSR count). The van der Waals surface area contributed by atoms with Crippen molar-refractivity contribution in [1.82, 2.24) is 10.1 Å². The van der Waals surface area contributed by atoms with Crippen molar-refractivity contribution < 1.29 is 14.4 Å². The molecule has 0 bridgehead atoms. The van der Waals surface area contributed by atoms with E-state index in [9.17, 15) is 9.90 Å². The first-order chi connectivity index (χ1) is 15.5. The highest BCUT2D eigenvalue weighted by molar-refractivity contribution is 5.99. The van der Waals surface area contributed by atoms with Gasteiger partial charge in [0.05, 0.1) is 12.6 Å². The molecule has 32 heavy (non-hydrogen) atoms. The third-order valence-corrected chi connectivity index (χ3v) is 6.25. The molecule has 2 aromatic carbocycles. The number of anilines is 3. The van der Waals surface area contributed by atoms with Gasteiger partial charge in [0.2, 0.25) is 5.91 Å². The normalized spacial score (nSPS) is 17.7. The molecule has 2 aliphatic rings. The summed E-state index contributed by atoms with van der Waals surface area (Å²) in [4.78, 5) is 21.5. The van der Waals surface area contributed by atoms with Gasteiger partial charge in [-0.3, -0.25) is 4.79 Å². The highest BCUT2D eigenvalue weighted by atomic mass is 16.5. The monoisotopic (exact) mass is 433 g/mol. The Kier molecular flexibility index (Phi) is 5.30. The zero-order valence-corrected chi connectivity index (χ0v) is 18.3. The van der Waals surface area contributed by atoms with Crippen LogP contribution in [0.1, 0.15) is 23.4 Å². The molecule has 0 aliphatic carbocycles. The van der Waals surface area contributed by atoms with Gasteiger partial charge >= 0.3 is 0 Å². The summed E-state index contributed by atoms with van der Waals surface area (Å²) in [7, 11) is 0. The van der Waals surface area contributed by atoms with Gasteiger partial charge in [0.15, 0.2) is 5.82 Å². The molecule has 3 heterocycles. The van der Waals surface area contributed by atoms with Crippen LogP contribution < -0.4 is 15.1 Å². The van der Waals surface area contributed by atoms with Crippen molar-refractivity contribution in [3.05, 3.63) is 53.3 Å². The van der Waals surface area contributed by atoms with Crippen LogP contribution in [0.25, 0.3) is 11.5 Å². The highest BCUT2D eigenvalue weighted by Crippen LogP contribution is 2.37. The van der Waals surface area contributed by atoms with E-state index in [1.807, 2.05) is 42.2 Å². The van der Waals surface area contributed by atoms with Crippen molar-refractivity contribution >= 4 is 23.0 Å². The van der Waals surface area contributed by atoms with E-state index in [0.717, 1.165) is 47.6 Å². The lowest BCUT2D eigenvalue weighted by molar-refractivity contribution is -0.116. The van der Waals surface area contributed by atoms with Crippen LogP contribution >= 0.6 is 0 Å². The Bertz CT molecular complexity index is 1160. The minimum Gasteiger partial charge on any atom is -0.391 e. The number of carbonyl (C=O) groups is 1. The van der Waals surface area contributed by atoms with Gasteiger partial charge in [0.25, 0.3) is 5.89 Å². The Morgan fingerprint density at radius 2 is 2.06 bits per heavy atom. The minimum atomic E-state index is -0.274. The zero-order valence-electron chi connectivity index (χ0n) is 18.3. The van der Waals surface area contributed by atoms with Crippen LogP contribution in [0.3, 0.4) is 0 Å². The van der Waals surface area contributed by atoms with Gasteiger partial charge in [-0.15, -0.1) is 0 Å². The molecule has 8 nitrogen and oxygen atoms in total. The van der Waals surface area contributed by atoms with E-state index < -0.39 is 0 Å². The molecule has 2 aliphatic heterocycles. The van der Waals surface area contributed by atoms with Crippen molar-refractivity contribution in [2.24, 2.45) is 0 Å². The summed E-state index contributed by atoms with van der Waals surface area (Å²) in [5, 5.41) is 17.1. The molecule has 1 aromatic heterocycles. The molecule has 1 fully saturated rings. The molecule has 1 unspecified atom stereocenters. The van der Waals surface area contributed by atoms with E-state index in [4.69, 9.17) is 4.52 Å². The highest BCUT2D eigenvalue weighted by Gasteiger charge is 2.30. The fourth-order valence-electron chi connectivity index (χ4n) is 4.56. The molecule has 0 radical (unpaired) electrons. The van der Waals surface area contributed by atoms with Crippen molar-refractivity contribution in [3.63, 3.8) is 0 Å². The summed E-state index contributed by atoms with van der Waals surface area (Å²) in [6, 6.07) is 12.0. The summed E-state index contributed by atoms with van der Waals surface area (Å²) in [5.74, 6) is 1.08. The number of aromatic nitrogens is 2. The summed E-state index contributed by atoms with van der Waals surface area (Å²) in [5.41, 5.74) is 6.03. The summed E-state index contributed by atoms with van der Waals surface area (Å²) >= 11 is 0. The lowest BCUT2D eigenvalue weighted by Crippen LogP contribution is -2.34. The average Bonchev–Trinajstić information content (AvgIpc) is 3.52. The van der Waals surface area contributed by atoms with E-state index in [2.05, 4.69) is 26.4 Å². The molecule has 8 heteroatoms. The maximum Gasteiger partial charge on any atom is 0.257 e. The molecule has 1 atom stereocenters. The van der Waals surface area contributed by atoms with E-state index in [1.54, 1.807) is 6.92 Å². The third-order valence-electron chi connectivity index (χ3n) is 6.25.